The number of hydrogen-bond donors (Lipinski definition) is 2. The fraction of sp³-hybridized carbons (Fsp3) is 0.520. The molecule has 1 fully saturated rings. The number of aromatic nitrogens is 1. The number of amides is 1. The summed E-state index contributed by atoms with van der Waals surface area (Å²) in [6.07, 6.45) is 5.02. The Morgan fingerprint density at radius 2 is 1.70 bits per heavy atom. The average Bonchev–Trinajstić information content (AvgIpc) is 2.71. The number of pyridine rings is 1. The van der Waals surface area contributed by atoms with Gasteiger partial charge in [-0.05, 0) is 65.8 Å². The lowest BCUT2D eigenvalue weighted by molar-refractivity contribution is 0.187. The van der Waals surface area contributed by atoms with Gasteiger partial charge in [-0.3, -0.25) is 4.98 Å². The SMILES string of the molecule is CC1(C)CCC(C)(C)c2cc(-c3cc(N4CCC(NC(=O)O)CC4)ccn3)ccc21. The van der Waals surface area contributed by atoms with Gasteiger partial charge in [0.25, 0.3) is 0 Å². The highest BCUT2D eigenvalue weighted by Crippen LogP contribution is 2.46. The number of anilines is 1. The van der Waals surface area contributed by atoms with E-state index in [1.807, 2.05) is 6.20 Å². The minimum absolute atomic E-state index is 0.0475. The van der Waals surface area contributed by atoms with E-state index in [2.05, 4.69) is 73.2 Å². The lowest BCUT2D eigenvalue weighted by Crippen LogP contribution is -2.44. The van der Waals surface area contributed by atoms with Crippen molar-refractivity contribution in [3.63, 3.8) is 0 Å². The van der Waals surface area contributed by atoms with Crippen molar-refractivity contribution in [1.29, 1.82) is 0 Å². The normalized spacial score (nSPS) is 20.5. The molecule has 0 radical (unpaired) electrons. The van der Waals surface area contributed by atoms with Gasteiger partial charge in [0.15, 0.2) is 0 Å². The molecule has 0 spiro atoms. The first kappa shape index (κ1) is 20.7. The van der Waals surface area contributed by atoms with E-state index in [1.165, 1.54) is 29.5 Å². The minimum atomic E-state index is -0.932. The molecule has 2 N–H and O–H groups in total. The number of rotatable bonds is 3. The van der Waals surface area contributed by atoms with E-state index >= 15 is 0 Å². The molecule has 1 aliphatic carbocycles. The van der Waals surface area contributed by atoms with Crippen LogP contribution in [-0.4, -0.2) is 35.3 Å². The van der Waals surface area contributed by atoms with Gasteiger partial charge in [-0.25, -0.2) is 4.79 Å². The second-order valence-electron chi connectivity index (χ2n) is 10.1. The highest BCUT2D eigenvalue weighted by molar-refractivity contribution is 5.67. The molecule has 1 aromatic heterocycles. The predicted octanol–water partition coefficient (Wildman–Crippen LogP) is 5.33. The maximum Gasteiger partial charge on any atom is 0.404 e. The van der Waals surface area contributed by atoms with Crippen LogP contribution in [0.25, 0.3) is 11.3 Å². The Bertz CT molecular complexity index is 943. The van der Waals surface area contributed by atoms with E-state index in [1.54, 1.807) is 0 Å². The second kappa shape index (κ2) is 7.60. The Morgan fingerprint density at radius 3 is 2.37 bits per heavy atom. The van der Waals surface area contributed by atoms with E-state index in [0.717, 1.165) is 37.3 Å². The van der Waals surface area contributed by atoms with Gasteiger partial charge in [-0.2, -0.15) is 0 Å². The molecule has 1 saturated heterocycles. The van der Waals surface area contributed by atoms with Crippen LogP contribution in [0.5, 0.6) is 0 Å². The standard InChI is InChI=1S/C25H33N3O2/c1-24(2)10-11-25(3,4)21-15-17(5-6-20(21)24)22-16-19(7-12-26-22)28-13-8-18(9-14-28)27-23(29)30/h5-7,12,15-16,18,27H,8-11,13-14H2,1-4H3,(H,29,30). The number of piperidine rings is 1. The molecule has 2 aromatic rings. The first-order chi connectivity index (χ1) is 14.2. The van der Waals surface area contributed by atoms with Gasteiger partial charge in [0.1, 0.15) is 0 Å². The lowest BCUT2D eigenvalue weighted by atomic mass is 9.63. The molecule has 0 bridgehead atoms. The Balaban J connectivity index is 1.59. The summed E-state index contributed by atoms with van der Waals surface area (Å²) in [5.74, 6) is 0. The third-order valence-corrected chi connectivity index (χ3v) is 7.08. The summed E-state index contributed by atoms with van der Waals surface area (Å²) in [5, 5.41) is 11.5. The highest BCUT2D eigenvalue weighted by atomic mass is 16.4. The maximum absolute atomic E-state index is 10.9. The van der Waals surface area contributed by atoms with Gasteiger partial charge in [0.05, 0.1) is 5.69 Å². The van der Waals surface area contributed by atoms with Crippen LogP contribution in [0.1, 0.15) is 64.5 Å². The molecule has 4 rings (SSSR count). The minimum Gasteiger partial charge on any atom is -0.465 e. The number of carboxylic acid groups (broad SMARTS) is 1. The van der Waals surface area contributed by atoms with Crippen LogP contribution >= 0.6 is 0 Å². The first-order valence-corrected chi connectivity index (χ1v) is 11.0. The number of nitrogens with one attached hydrogen (secondary N) is 1. The van der Waals surface area contributed by atoms with Crippen molar-refractivity contribution in [1.82, 2.24) is 10.3 Å². The fourth-order valence-electron chi connectivity index (χ4n) is 4.98. The second-order valence-corrected chi connectivity index (χ2v) is 10.1. The summed E-state index contributed by atoms with van der Waals surface area (Å²) in [6.45, 7) is 11.1. The van der Waals surface area contributed by atoms with Crippen LogP contribution in [-0.2, 0) is 10.8 Å². The number of fused-ring (bicyclic) bond motifs is 1. The molecule has 2 aliphatic rings. The van der Waals surface area contributed by atoms with Crippen LogP contribution in [0, 0.1) is 0 Å². The van der Waals surface area contributed by atoms with Gasteiger partial charge >= 0.3 is 6.09 Å². The van der Waals surface area contributed by atoms with Gasteiger partial charge in [0, 0.05) is 36.6 Å². The third-order valence-electron chi connectivity index (χ3n) is 7.08. The van der Waals surface area contributed by atoms with Gasteiger partial charge in [-0.15, -0.1) is 0 Å². The molecule has 5 heteroatoms. The number of carbonyl (C=O) groups is 1. The number of hydrogen-bond acceptors (Lipinski definition) is 3. The highest BCUT2D eigenvalue weighted by Gasteiger charge is 2.37. The van der Waals surface area contributed by atoms with E-state index < -0.39 is 6.09 Å². The summed E-state index contributed by atoms with van der Waals surface area (Å²) in [7, 11) is 0. The third kappa shape index (κ3) is 4.03. The van der Waals surface area contributed by atoms with Crippen molar-refractivity contribution in [2.75, 3.05) is 18.0 Å². The largest absolute Gasteiger partial charge is 0.465 e. The number of benzene rings is 1. The van der Waals surface area contributed by atoms with E-state index in [0.29, 0.717) is 0 Å². The van der Waals surface area contributed by atoms with Crippen LogP contribution in [0.4, 0.5) is 10.5 Å². The van der Waals surface area contributed by atoms with Crippen molar-refractivity contribution in [2.45, 2.75) is 70.3 Å². The van der Waals surface area contributed by atoms with E-state index in [4.69, 9.17) is 5.11 Å². The fourth-order valence-corrected chi connectivity index (χ4v) is 4.98. The van der Waals surface area contributed by atoms with Crippen molar-refractivity contribution >= 4 is 11.8 Å². The lowest BCUT2D eigenvalue weighted by Gasteiger charge is -2.42. The molecule has 1 aliphatic heterocycles. The van der Waals surface area contributed by atoms with E-state index in [-0.39, 0.29) is 16.9 Å². The molecule has 0 saturated carbocycles. The topological polar surface area (TPSA) is 65.5 Å². The van der Waals surface area contributed by atoms with Crippen LogP contribution < -0.4 is 10.2 Å². The molecular weight excluding hydrogens is 374 g/mol. The van der Waals surface area contributed by atoms with Gasteiger partial charge in [0.2, 0.25) is 0 Å². The summed E-state index contributed by atoms with van der Waals surface area (Å²) >= 11 is 0. The van der Waals surface area contributed by atoms with Crippen molar-refractivity contribution in [3.05, 3.63) is 47.7 Å². The molecule has 1 aromatic carbocycles. The summed E-state index contributed by atoms with van der Waals surface area (Å²) < 4.78 is 0. The van der Waals surface area contributed by atoms with Crippen molar-refractivity contribution in [3.8, 4) is 11.3 Å². The van der Waals surface area contributed by atoms with Gasteiger partial charge < -0.3 is 15.3 Å². The zero-order valence-electron chi connectivity index (χ0n) is 18.5. The van der Waals surface area contributed by atoms with Crippen molar-refractivity contribution in [2.24, 2.45) is 0 Å². The Kier molecular flexibility index (Phi) is 5.25. The Hall–Kier alpha value is -2.56. The Morgan fingerprint density at radius 1 is 1.03 bits per heavy atom. The van der Waals surface area contributed by atoms with E-state index in [9.17, 15) is 4.79 Å². The number of nitrogens with zero attached hydrogens (tertiary/aromatic N) is 2. The van der Waals surface area contributed by atoms with Crippen molar-refractivity contribution < 1.29 is 9.90 Å². The zero-order chi connectivity index (χ0) is 21.5. The average molecular weight is 408 g/mol. The molecule has 0 atom stereocenters. The molecule has 5 nitrogen and oxygen atoms in total. The zero-order valence-corrected chi connectivity index (χ0v) is 18.5. The molecule has 1 amide bonds. The quantitative estimate of drug-likeness (QED) is 0.721. The first-order valence-electron chi connectivity index (χ1n) is 11.0. The smallest absolute Gasteiger partial charge is 0.404 e. The summed E-state index contributed by atoms with van der Waals surface area (Å²) in [6, 6.07) is 11.2. The monoisotopic (exact) mass is 407 g/mol. The van der Waals surface area contributed by atoms with Crippen LogP contribution in [0.2, 0.25) is 0 Å². The molecule has 0 unspecified atom stereocenters. The molecule has 160 valence electrons. The predicted molar refractivity (Wildman–Crippen MR) is 121 cm³/mol. The summed E-state index contributed by atoms with van der Waals surface area (Å²) in [4.78, 5) is 17.9. The van der Waals surface area contributed by atoms with Crippen LogP contribution in [0.3, 0.4) is 0 Å². The summed E-state index contributed by atoms with van der Waals surface area (Å²) in [5.41, 5.74) is 6.63. The maximum atomic E-state index is 10.9. The van der Waals surface area contributed by atoms with Gasteiger partial charge in [-0.1, -0.05) is 39.8 Å². The van der Waals surface area contributed by atoms with Crippen LogP contribution in [0.15, 0.2) is 36.5 Å². The molecule has 30 heavy (non-hydrogen) atoms. The Labute approximate surface area is 179 Å². The molecular formula is C25H33N3O2. The molecule has 2 heterocycles.